The highest BCUT2D eigenvalue weighted by Gasteiger charge is 2.09. The van der Waals surface area contributed by atoms with Gasteiger partial charge in [0.2, 0.25) is 0 Å². The Morgan fingerprint density at radius 3 is 2.76 bits per heavy atom. The molecule has 1 N–H and O–H groups in total. The van der Waals surface area contributed by atoms with Crippen molar-refractivity contribution in [1.29, 1.82) is 0 Å². The molecular weight excluding hydrogens is 208 g/mol. The van der Waals surface area contributed by atoms with Crippen LogP contribution in [-0.4, -0.2) is 17.6 Å². The monoisotopic (exact) mass is 234 g/mol. The van der Waals surface area contributed by atoms with E-state index in [2.05, 4.69) is 37.1 Å². The molecule has 1 unspecified atom stereocenters. The van der Waals surface area contributed by atoms with Gasteiger partial charge in [0.15, 0.2) is 0 Å². The zero-order chi connectivity index (χ0) is 12.5. The van der Waals surface area contributed by atoms with E-state index in [0.29, 0.717) is 6.04 Å². The van der Waals surface area contributed by atoms with Gasteiger partial charge in [-0.05, 0) is 49.8 Å². The molecule has 0 aliphatic carbocycles. The Labute approximate surface area is 106 Å². The Balaban J connectivity index is 2.37. The molecule has 0 fully saturated rings. The van der Waals surface area contributed by atoms with E-state index in [1.165, 1.54) is 24.8 Å². The van der Waals surface area contributed by atoms with Gasteiger partial charge in [-0.15, -0.1) is 0 Å². The number of hydrogen-bond donors (Lipinski definition) is 1. The fourth-order valence-corrected chi connectivity index (χ4v) is 2.11. The molecule has 1 rings (SSSR count). The standard InChI is InChI=1S/C15H26N2/c1-4-9-17-15(11-13(2)3)8-7-14-6-5-10-16-12-14/h5-6,10,12-13,15,17H,4,7-9,11H2,1-3H3. The van der Waals surface area contributed by atoms with E-state index in [-0.39, 0.29) is 0 Å². The van der Waals surface area contributed by atoms with Crippen LogP contribution in [0.1, 0.15) is 45.6 Å². The number of pyridine rings is 1. The van der Waals surface area contributed by atoms with E-state index in [4.69, 9.17) is 0 Å². The van der Waals surface area contributed by atoms with Crippen molar-refractivity contribution in [2.24, 2.45) is 5.92 Å². The van der Waals surface area contributed by atoms with Crippen molar-refractivity contribution in [3.8, 4) is 0 Å². The van der Waals surface area contributed by atoms with Gasteiger partial charge in [0.25, 0.3) is 0 Å². The molecule has 1 aromatic heterocycles. The number of nitrogens with zero attached hydrogens (tertiary/aromatic N) is 1. The van der Waals surface area contributed by atoms with Crippen LogP contribution in [0.15, 0.2) is 24.5 Å². The molecular formula is C15H26N2. The summed E-state index contributed by atoms with van der Waals surface area (Å²) in [7, 11) is 0. The quantitative estimate of drug-likeness (QED) is 0.745. The lowest BCUT2D eigenvalue weighted by Crippen LogP contribution is -2.31. The van der Waals surface area contributed by atoms with E-state index in [9.17, 15) is 0 Å². The summed E-state index contributed by atoms with van der Waals surface area (Å²) in [5, 5.41) is 3.65. The van der Waals surface area contributed by atoms with E-state index < -0.39 is 0 Å². The van der Waals surface area contributed by atoms with Crippen LogP contribution in [0.3, 0.4) is 0 Å². The van der Waals surface area contributed by atoms with Gasteiger partial charge >= 0.3 is 0 Å². The zero-order valence-corrected chi connectivity index (χ0v) is 11.4. The predicted molar refractivity (Wildman–Crippen MR) is 74.1 cm³/mol. The van der Waals surface area contributed by atoms with Crippen molar-refractivity contribution in [2.45, 2.75) is 52.5 Å². The van der Waals surface area contributed by atoms with E-state index >= 15 is 0 Å². The summed E-state index contributed by atoms with van der Waals surface area (Å²) in [5.41, 5.74) is 1.35. The first-order valence-corrected chi connectivity index (χ1v) is 6.84. The highest BCUT2D eigenvalue weighted by molar-refractivity contribution is 5.08. The van der Waals surface area contributed by atoms with Crippen LogP contribution in [-0.2, 0) is 6.42 Å². The normalized spacial score (nSPS) is 12.9. The smallest absolute Gasteiger partial charge is 0.0299 e. The van der Waals surface area contributed by atoms with Crippen LogP contribution in [0, 0.1) is 5.92 Å². The maximum absolute atomic E-state index is 4.17. The third-order valence-corrected chi connectivity index (χ3v) is 2.94. The molecule has 0 spiro atoms. The Bertz CT molecular complexity index is 282. The SMILES string of the molecule is CCCNC(CCc1cccnc1)CC(C)C. The maximum atomic E-state index is 4.17. The number of aryl methyl sites for hydroxylation is 1. The van der Waals surface area contributed by atoms with E-state index in [0.717, 1.165) is 18.9 Å². The van der Waals surface area contributed by atoms with E-state index in [1.54, 1.807) is 0 Å². The molecule has 2 nitrogen and oxygen atoms in total. The predicted octanol–water partition coefficient (Wildman–Crippen LogP) is 3.43. The summed E-state index contributed by atoms with van der Waals surface area (Å²) in [6.07, 6.45) is 8.63. The minimum absolute atomic E-state index is 0.648. The van der Waals surface area contributed by atoms with Crippen molar-refractivity contribution in [2.75, 3.05) is 6.54 Å². The van der Waals surface area contributed by atoms with Crippen molar-refractivity contribution in [1.82, 2.24) is 10.3 Å². The molecule has 1 heterocycles. The Kier molecular flexibility index (Phi) is 6.87. The average molecular weight is 234 g/mol. The highest BCUT2D eigenvalue weighted by Crippen LogP contribution is 2.11. The molecule has 0 aromatic carbocycles. The fourth-order valence-electron chi connectivity index (χ4n) is 2.11. The summed E-state index contributed by atoms with van der Waals surface area (Å²) in [6.45, 7) is 7.94. The first-order valence-electron chi connectivity index (χ1n) is 6.84. The summed E-state index contributed by atoms with van der Waals surface area (Å²) in [6, 6.07) is 4.83. The topological polar surface area (TPSA) is 24.9 Å². The molecule has 0 bridgehead atoms. The van der Waals surface area contributed by atoms with Crippen molar-refractivity contribution in [3.05, 3.63) is 30.1 Å². The van der Waals surface area contributed by atoms with Gasteiger partial charge < -0.3 is 5.32 Å². The first-order chi connectivity index (χ1) is 8.22. The van der Waals surface area contributed by atoms with Crippen LogP contribution >= 0.6 is 0 Å². The molecule has 96 valence electrons. The maximum Gasteiger partial charge on any atom is 0.0299 e. The molecule has 17 heavy (non-hydrogen) atoms. The second-order valence-corrected chi connectivity index (χ2v) is 5.18. The van der Waals surface area contributed by atoms with E-state index in [1.807, 2.05) is 18.5 Å². The number of nitrogens with one attached hydrogen (secondary N) is 1. The summed E-state index contributed by atoms with van der Waals surface area (Å²) in [4.78, 5) is 4.17. The Hall–Kier alpha value is -0.890. The van der Waals surface area contributed by atoms with Gasteiger partial charge in [-0.2, -0.15) is 0 Å². The number of rotatable bonds is 8. The van der Waals surface area contributed by atoms with Crippen LogP contribution in [0.25, 0.3) is 0 Å². The van der Waals surface area contributed by atoms with Crippen molar-refractivity contribution in [3.63, 3.8) is 0 Å². The van der Waals surface area contributed by atoms with Gasteiger partial charge in [0, 0.05) is 18.4 Å². The van der Waals surface area contributed by atoms with Gasteiger partial charge in [0.1, 0.15) is 0 Å². The minimum Gasteiger partial charge on any atom is -0.314 e. The van der Waals surface area contributed by atoms with Crippen LogP contribution in [0.4, 0.5) is 0 Å². The molecule has 2 heteroatoms. The highest BCUT2D eigenvalue weighted by atomic mass is 14.9. The first kappa shape index (κ1) is 14.2. The second-order valence-electron chi connectivity index (χ2n) is 5.18. The summed E-state index contributed by atoms with van der Waals surface area (Å²) >= 11 is 0. The third-order valence-electron chi connectivity index (χ3n) is 2.94. The molecule has 0 saturated carbocycles. The van der Waals surface area contributed by atoms with Crippen LogP contribution in [0.2, 0.25) is 0 Å². The average Bonchev–Trinajstić information content (AvgIpc) is 2.33. The lowest BCUT2D eigenvalue weighted by molar-refractivity contribution is 0.398. The molecule has 1 aromatic rings. The second kappa shape index (κ2) is 8.24. The molecule has 0 amide bonds. The van der Waals surface area contributed by atoms with Crippen LogP contribution < -0.4 is 5.32 Å². The lowest BCUT2D eigenvalue weighted by Gasteiger charge is -2.20. The molecule has 0 radical (unpaired) electrons. The zero-order valence-electron chi connectivity index (χ0n) is 11.4. The van der Waals surface area contributed by atoms with Gasteiger partial charge in [-0.25, -0.2) is 0 Å². The van der Waals surface area contributed by atoms with Gasteiger partial charge in [-0.3, -0.25) is 4.98 Å². The third kappa shape index (κ3) is 6.42. The number of aromatic nitrogens is 1. The molecule has 0 aliphatic heterocycles. The van der Waals surface area contributed by atoms with Crippen molar-refractivity contribution >= 4 is 0 Å². The van der Waals surface area contributed by atoms with Crippen molar-refractivity contribution < 1.29 is 0 Å². The molecule has 0 saturated heterocycles. The minimum atomic E-state index is 0.648. The Morgan fingerprint density at radius 1 is 1.35 bits per heavy atom. The lowest BCUT2D eigenvalue weighted by atomic mass is 9.98. The summed E-state index contributed by atoms with van der Waals surface area (Å²) in [5.74, 6) is 0.762. The van der Waals surface area contributed by atoms with Crippen LogP contribution in [0.5, 0.6) is 0 Å². The van der Waals surface area contributed by atoms with Gasteiger partial charge in [-0.1, -0.05) is 26.8 Å². The van der Waals surface area contributed by atoms with Gasteiger partial charge in [0.05, 0.1) is 0 Å². The molecule has 1 atom stereocenters. The Morgan fingerprint density at radius 2 is 2.18 bits per heavy atom. The fraction of sp³-hybridized carbons (Fsp3) is 0.667. The summed E-state index contributed by atoms with van der Waals surface area (Å²) < 4.78 is 0. The molecule has 0 aliphatic rings. The largest absolute Gasteiger partial charge is 0.314 e. The number of hydrogen-bond acceptors (Lipinski definition) is 2.